The van der Waals surface area contributed by atoms with Gasteiger partial charge in [-0.25, -0.2) is 5.43 Å². The van der Waals surface area contributed by atoms with Crippen molar-refractivity contribution in [3.05, 3.63) is 58.0 Å². The van der Waals surface area contributed by atoms with Crippen molar-refractivity contribution in [1.29, 1.82) is 0 Å². The van der Waals surface area contributed by atoms with Crippen LogP contribution in [-0.4, -0.2) is 0 Å². The minimum Gasteiger partial charge on any atom is -0.466 e. The topological polar surface area (TPSA) is 51.2 Å². The van der Waals surface area contributed by atoms with Gasteiger partial charge in [-0.3, -0.25) is 5.84 Å². The van der Waals surface area contributed by atoms with Gasteiger partial charge in [0.05, 0.1) is 10.7 Å². The molecule has 0 radical (unpaired) electrons. The summed E-state index contributed by atoms with van der Waals surface area (Å²) in [6.45, 7) is 2.05. The van der Waals surface area contributed by atoms with E-state index in [1.165, 1.54) is 5.56 Å². The van der Waals surface area contributed by atoms with Crippen LogP contribution in [0, 0.1) is 6.92 Å². The maximum absolute atomic E-state index is 5.60. The molecule has 2 aromatic rings. The smallest absolute Gasteiger partial charge is 0.140 e. The highest BCUT2D eigenvalue weighted by Gasteiger charge is 2.19. The summed E-state index contributed by atoms with van der Waals surface area (Å²) in [5.74, 6) is 6.39. The number of nitrogens with one attached hydrogen (secondary N) is 1. The van der Waals surface area contributed by atoms with Crippen LogP contribution in [0.1, 0.15) is 22.9 Å². The molecule has 0 aliphatic rings. The molecule has 0 bridgehead atoms. The SMILES string of the molecule is Cc1ccccc1C(NN)c1occc1Br. The van der Waals surface area contributed by atoms with Gasteiger partial charge in [0.25, 0.3) is 0 Å². The molecule has 3 N–H and O–H groups in total. The minimum atomic E-state index is -0.134. The number of rotatable bonds is 3. The van der Waals surface area contributed by atoms with E-state index in [-0.39, 0.29) is 6.04 Å². The Balaban J connectivity index is 2.45. The van der Waals surface area contributed by atoms with Crippen molar-refractivity contribution >= 4 is 15.9 Å². The molecule has 1 atom stereocenters. The Morgan fingerprint density at radius 2 is 2.06 bits per heavy atom. The number of hydrogen-bond acceptors (Lipinski definition) is 3. The molecule has 16 heavy (non-hydrogen) atoms. The van der Waals surface area contributed by atoms with Crippen molar-refractivity contribution in [3.63, 3.8) is 0 Å². The van der Waals surface area contributed by atoms with Crippen LogP contribution in [-0.2, 0) is 0 Å². The third-order valence-corrected chi connectivity index (χ3v) is 3.23. The lowest BCUT2D eigenvalue weighted by Gasteiger charge is -2.16. The fourth-order valence-corrected chi connectivity index (χ4v) is 2.16. The number of halogens is 1. The average Bonchev–Trinajstić information content (AvgIpc) is 2.69. The Kier molecular flexibility index (Phi) is 3.43. The van der Waals surface area contributed by atoms with E-state index < -0.39 is 0 Å². The number of hydrogen-bond donors (Lipinski definition) is 2. The first-order valence-corrected chi connectivity index (χ1v) is 5.78. The Morgan fingerprint density at radius 1 is 1.31 bits per heavy atom. The highest BCUT2D eigenvalue weighted by Crippen LogP contribution is 2.30. The monoisotopic (exact) mass is 280 g/mol. The predicted molar refractivity (Wildman–Crippen MR) is 66.8 cm³/mol. The summed E-state index contributed by atoms with van der Waals surface area (Å²) in [6, 6.07) is 9.81. The molecule has 3 nitrogen and oxygen atoms in total. The predicted octanol–water partition coefficient (Wildman–Crippen LogP) is 2.90. The second-order valence-corrected chi connectivity index (χ2v) is 4.44. The Bertz CT molecular complexity index is 481. The molecular formula is C12H13BrN2O. The van der Waals surface area contributed by atoms with Gasteiger partial charge in [0, 0.05) is 0 Å². The first-order valence-electron chi connectivity index (χ1n) is 4.98. The third kappa shape index (κ3) is 2.04. The van der Waals surface area contributed by atoms with Gasteiger partial charge in [-0.1, -0.05) is 24.3 Å². The first-order chi connectivity index (χ1) is 7.74. The molecule has 1 unspecified atom stereocenters. The van der Waals surface area contributed by atoms with Crippen LogP contribution >= 0.6 is 15.9 Å². The van der Waals surface area contributed by atoms with E-state index >= 15 is 0 Å². The van der Waals surface area contributed by atoms with E-state index in [1.54, 1.807) is 6.26 Å². The van der Waals surface area contributed by atoms with Crippen LogP contribution in [0.3, 0.4) is 0 Å². The number of aryl methyl sites for hydroxylation is 1. The van der Waals surface area contributed by atoms with Gasteiger partial charge in [-0.2, -0.15) is 0 Å². The van der Waals surface area contributed by atoms with E-state index in [1.807, 2.05) is 24.3 Å². The first kappa shape index (κ1) is 11.4. The second-order valence-electron chi connectivity index (χ2n) is 3.59. The van der Waals surface area contributed by atoms with Crippen molar-refractivity contribution in [1.82, 2.24) is 5.43 Å². The number of hydrazine groups is 1. The zero-order chi connectivity index (χ0) is 11.5. The molecule has 0 aliphatic carbocycles. The molecule has 0 spiro atoms. The lowest BCUT2D eigenvalue weighted by atomic mass is 10.00. The zero-order valence-corrected chi connectivity index (χ0v) is 10.5. The summed E-state index contributed by atoms with van der Waals surface area (Å²) in [5, 5.41) is 0. The molecule has 1 aromatic carbocycles. The van der Waals surface area contributed by atoms with Gasteiger partial charge >= 0.3 is 0 Å². The van der Waals surface area contributed by atoms with Gasteiger partial charge in [0.15, 0.2) is 0 Å². The normalized spacial score (nSPS) is 12.7. The van der Waals surface area contributed by atoms with Gasteiger partial charge in [0.1, 0.15) is 11.8 Å². The van der Waals surface area contributed by atoms with E-state index in [2.05, 4.69) is 34.3 Å². The van der Waals surface area contributed by atoms with E-state index in [0.29, 0.717) is 0 Å². The number of nitrogens with two attached hydrogens (primary N) is 1. The molecule has 1 heterocycles. The molecule has 1 aromatic heterocycles. The van der Waals surface area contributed by atoms with Gasteiger partial charge in [-0.15, -0.1) is 0 Å². The lowest BCUT2D eigenvalue weighted by molar-refractivity contribution is 0.449. The Labute approximate surface area is 103 Å². The van der Waals surface area contributed by atoms with E-state index in [4.69, 9.17) is 10.3 Å². The molecular weight excluding hydrogens is 268 g/mol. The molecule has 0 saturated carbocycles. The van der Waals surface area contributed by atoms with Crippen LogP contribution in [0.15, 0.2) is 45.5 Å². The van der Waals surface area contributed by atoms with Crippen molar-refractivity contribution in [3.8, 4) is 0 Å². The van der Waals surface area contributed by atoms with Gasteiger partial charge in [0.2, 0.25) is 0 Å². The molecule has 2 rings (SSSR count). The highest BCUT2D eigenvalue weighted by molar-refractivity contribution is 9.10. The fraction of sp³-hybridized carbons (Fsp3) is 0.167. The van der Waals surface area contributed by atoms with E-state index in [9.17, 15) is 0 Å². The second kappa shape index (κ2) is 4.82. The van der Waals surface area contributed by atoms with Gasteiger partial charge in [-0.05, 0) is 40.0 Å². The van der Waals surface area contributed by atoms with Crippen LogP contribution in [0.25, 0.3) is 0 Å². The summed E-state index contributed by atoms with van der Waals surface area (Å²) >= 11 is 3.44. The zero-order valence-electron chi connectivity index (χ0n) is 8.91. The van der Waals surface area contributed by atoms with Crippen molar-refractivity contribution in [2.24, 2.45) is 5.84 Å². The van der Waals surface area contributed by atoms with Crippen molar-refractivity contribution in [2.45, 2.75) is 13.0 Å². The lowest BCUT2D eigenvalue weighted by Crippen LogP contribution is -2.29. The molecule has 0 aliphatic heterocycles. The third-order valence-electron chi connectivity index (χ3n) is 2.57. The van der Waals surface area contributed by atoms with Crippen molar-refractivity contribution < 1.29 is 4.42 Å². The summed E-state index contributed by atoms with van der Waals surface area (Å²) < 4.78 is 6.35. The van der Waals surface area contributed by atoms with Crippen LogP contribution in [0.4, 0.5) is 0 Å². The van der Waals surface area contributed by atoms with Crippen LogP contribution in [0.2, 0.25) is 0 Å². The summed E-state index contributed by atoms with van der Waals surface area (Å²) in [6.07, 6.45) is 1.64. The average molecular weight is 281 g/mol. The minimum absolute atomic E-state index is 0.134. The maximum Gasteiger partial charge on any atom is 0.140 e. The molecule has 84 valence electrons. The summed E-state index contributed by atoms with van der Waals surface area (Å²) in [7, 11) is 0. The quantitative estimate of drug-likeness (QED) is 0.672. The fourth-order valence-electron chi connectivity index (χ4n) is 1.73. The van der Waals surface area contributed by atoms with Gasteiger partial charge < -0.3 is 4.42 Å². The number of benzene rings is 1. The Hall–Kier alpha value is -1.10. The largest absolute Gasteiger partial charge is 0.466 e. The van der Waals surface area contributed by atoms with Crippen LogP contribution in [0.5, 0.6) is 0 Å². The molecule has 0 saturated heterocycles. The molecule has 0 fully saturated rings. The molecule has 4 heteroatoms. The Morgan fingerprint density at radius 3 is 2.62 bits per heavy atom. The van der Waals surface area contributed by atoms with E-state index in [0.717, 1.165) is 15.8 Å². The summed E-state index contributed by atoms with van der Waals surface area (Å²) in [4.78, 5) is 0. The standard InChI is InChI=1S/C12H13BrN2O/c1-8-4-2-3-5-9(8)11(15-14)12-10(13)6-7-16-12/h2-7,11,15H,14H2,1H3. The highest BCUT2D eigenvalue weighted by atomic mass is 79.9. The summed E-state index contributed by atoms with van der Waals surface area (Å²) in [5.41, 5.74) is 5.07. The number of furan rings is 1. The maximum atomic E-state index is 5.60. The van der Waals surface area contributed by atoms with Crippen molar-refractivity contribution in [2.75, 3.05) is 0 Å². The molecule has 0 amide bonds. The van der Waals surface area contributed by atoms with Crippen LogP contribution < -0.4 is 11.3 Å².